The number of rotatable bonds is 5. The standard InChI is InChI=1S/C19H20B3N7O/c1-27-4-6-28(7-5-27)12-17(30)26-18-23-9-14-3-2-13(8-16(14)25-18)15-10-24-29(11-15)19(20,21)22/h2-3,8-11H,4-7,12H2,1H3,(H,23,25,26,30). The van der Waals surface area contributed by atoms with Gasteiger partial charge in [-0.25, -0.2) is 9.97 Å². The maximum atomic E-state index is 12.4. The lowest BCUT2D eigenvalue weighted by Gasteiger charge is -2.31. The molecule has 1 aliphatic rings. The SMILES string of the molecule is [B]C([B])([B])n1cc(-c2ccc3cnc(NC(=O)CN4CCN(C)CC4)nc3c2)cn1. The highest BCUT2D eigenvalue weighted by Gasteiger charge is 2.17. The molecule has 2 aromatic heterocycles. The number of benzene rings is 1. The van der Waals surface area contributed by atoms with E-state index in [9.17, 15) is 4.79 Å². The second-order valence-corrected chi connectivity index (χ2v) is 7.66. The maximum absolute atomic E-state index is 12.4. The third-order valence-electron chi connectivity index (χ3n) is 5.11. The molecule has 11 heteroatoms. The van der Waals surface area contributed by atoms with Gasteiger partial charge in [-0.05, 0) is 23.9 Å². The van der Waals surface area contributed by atoms with Gasteiger partial charge in [0.1, 0.15) is 0 Å². The van der Waals surface area contributed by atoms with Crippen molar-refractivity contribution in [1.29, 1.82) is 0 Å². The Bertz CT molecular complexity index is 1060. The first-order chi connectivity index (χ1) is 14.3. The fraction of sp³-hybridized carbons (Fsp3) is 0.368. The van der Waals surface area contributed by atoms with Gasteiger partial charge in [-0.3, -0.25) is 19.7 Å². The fourth-order valence-corrected chi connectivity index (χ4v) is 3.32. The number of likely N-dealkylation sites (N-methyl/N-ethyl adjacent to an activating group) is 1. The van der Waals surface area contributed by atoms with E-state index in [1.165, 1.54) is 4.68 Å². The van der Waals surface area contributed by atoms with E-state index in [-0.39, 0.29) is 11.9 Å². The Hall–Kier alpha value is -2.65. The molecule has 3 heterocycles. The van der Waals surface area contributed by atoms with Crippen LogP contribution in [0.5, 0.6) is 0 Å². The minimum Gasteiger partial charge on any atom is -0.304 e. The number of carbonyl (C=O) groups is 1. The van der Waals surface area contributed by atoms with Gasteiger partial charge < -0.3 is 4.90 Å². The van der Waals surface area contributed by atoms with Gasteiger partial charge in [-0.15, -0.1) is 0 Å². The minimum absolute atomic E-state index is 0.124. The van der Waals surface area contributed by atoms with E-state index in [4.69, 9.17) is 23.5 Å². The van der Waals surface area contributed by atoms with Crippen LogP contribution in [0.3, 0.4) is 0 Å². The summed E-state index contributed by atoms with van der Waals surface area (Å²) in [4.78, 5) is 25.5. The largest absolute Gasteiger partial charge is 0.304 e. The molecule has 1 N–H and O–H groups in total. The van der Waals surface area contributed by atoms with Crippen molar-refractivity contribution in [2.45, 2.75) is 5.24 Å². The smallest absolute Gasteiger partial charge is 0.240 e. The molecule has 3 aromatic rings. The van der Waals surface area contributed by atoms with Crippen molar-refractivity contribution in [3.63, 3.8) is 0 Å². The highest BCUT2D eigenvalue weighted by Crippen LogP contribution is 2.24. The lowest BCUT2D eigenvalue weighted by molar-refractivity contribution is -0.117. The van der Waals surface area contributed by atoms with Crippen LogP contribution < -0.4 is 5.32 Å². The van der Waals surface area contributed by atoms with E-state index >= 15 is 0 Å². The number of aromatic nitrogens is 4. The number of nitrogens with one attached hydrogen (secondary N) is 1. The Morgan fingerprint density at radius 3 is 2.60 bits per heavy atom. The van der Waals surface area contributed by atoms with E-state index in [2.05, 4.69) is 37.2 Å². The van der Waals surface area contributed by atoms with Crippen molar-refractivity contribution in [2.75, 3.05) is 45.1 Å². The maximum Gasteiger partial charge on any atom is 0.240 e. The van der Waals surface area contributed by atoms with Crippen molar-refractivity contribution in [1.82, 2.24) is 29.5 Å². The molecule has 0 atom stereocenters. The van der Waals surface area contributed by atoms with Gasteiger partial charge in [0.2, 0.25) is 11.9 Å². The average Bonchev–Trinajstić information content (AvgIpc) is 3.20. The number of hydrogen-bond acceptors (Lipinski definition) is 6. The average molecular weight is 395 g/mol. The van der Waals surface area contributed by atoms with E-state index in [0.717, 1.165) is 42.7 Å². The van der Waals surface area contributed by atoms with Crippen molar-refractivity contribution in [3.05, 3.63) is 36.8 Å². The summed E-state index contributed by atoms with van der Waals surface area (Å²) in [5.74, 6) is 0.154. The Labute approximate surface area is 179 Å². The number of hydrogen-bond donors (Lipinski definition) is 1. The van der Waals surface area contributed by atoms with Gasteiger partial charge >= 0.3 is 0 Å². The normalized spacial score (nSPS) is 16.0. The summed E-state index contributed by atoms with van der Waals surface area (Å²) in [6, 6.07) is 5.71. The lowest BCUT2D eigenvalue weighted by atomic mass is 9.49. The molecule has 30 heavy (non-hydrogen) atoms. The number of piperazine rings is 1. The topological polar surface area (TPSA) is 79.2 Å². The summed E-state index contributed by atoms with van der Waals surface area (Å²) in [5.41, 5.74) is 2.36. The second-order valence-electron chi connectivity index (χ2n) is 7.66. The van der Waals surface area contributed by atoms with Crippen LogP contribution in [0.1, 0.15) is 0 Å². The first-order valence-electron chi connectivity index (χ1n) is 9.68. The zero-order valence-corrected chi connectivity index (χ0v) is 16.8. The molecule has 1 aliphatic heterocycles. The Morgan fingerprint density at radius 1 is 1.13 bits per heavy atom. The molecule has 4 rings (SSSR count). The summed E-state index contributed by atoms with van der Waals surface area (Å²) in [6.45, 7) is 3.98. The predicted molar refractivity (Wildman–Crippen MR) is 119 cm³/mol. The molecule has 1 amide bonds. The van der Waals surface area contributed by atoms with Crippen LogP contribution in [0.4, 0.5) is 5.95 Å². The zero-order valence-electron chi connectivity index (χ0n) is 16.8. The first-order valence-corrected chi connectivity index (χ1v) is 9.68. The minimum atomic E-state index is -1.57. The Morgan fingerprint density at radius 2 is 1.90 bits per heavy atom. The van der Waals surface area contributed by atoms with Crippen LogP contribution in [-0.2, 0) is 10.0 Å². The molecule has 8 nitrogen and oxygen atoms in total. The number of carbonyl (C=O) groups excluding carboxylic acids is 1. The van der Waals surface area contributed by atoms with Crippen LogP contribution >= 0.6 is 0 Å². The fourth-order valence-electron chi connectivity index (χ4n) is 3.32. The number of amides is 1. The number of fused-ring (bicyclic) bond motifs is 1. The molecule has 146 valence electrons. The molecule has 0 unspecified atom stereocenters. The molecule has 6 radical (unpaired) electrons. The van der Waals surface area contributed by atoms with Gasteiger partial charge in [0.05, 0.1) is 41.8 Å². The monoisotopic (exact) mass is 395 g/mol. The molecule has 1 aromatic carbocycles. The van der Waals surface area contributed by atoms with Crippen LogP contribution in [0.2, 0.25) is 0 Å². The highest BCUT2D eigenvalue weighted by molar-refractivity contribution is 6.56. The number of anilines is 1. The van der Waals surface area contributed by atoms with Gasteiger partial charge in [-0.1, -0.05) is 12.1 Å². The summed E-state index contributed by atoms with van der Waals surface area (Å²) >= 11 is 0. The summed E-state index contributed by atoms with van der Waals surface area (Å²) in [5, 5.41) is 6.18. The van der Waals surface area contributed by atoms with Crippen LogP contribution in [0.15, 0.2) is 36.8 Å². The van der Waals surface area contributed by atoms with Crippen molar-refractivity contribution in [2.24, 2.45) is 0 Å². The van der Waals surface area contributed by atoms with Crippen LogP contribution in [0, 0.1) is 0 Å². The van der Waals surface area contributed by atoms with Crippen LogP contribution in [-0.4, -0.2) is 98.8 Å². The van der Waals surface area contributed by atoms with E-state index in [1.54, 1.807) is 18.6 Å². The quantitative estimate of drug-likeness (QED) is 0.601. The highest BCUT2D eigenvalue weighted by atomic mass is 16.2. The molecule has 0 bridgehead atoms. The third-order valence-corrected chi connectivity index (χ3v) is 5.11. The predicted octanol–water partition coefficient (Wildman–Crippen LogP) is -0.248. The van der Waals surface area contributed by atoms with E-state index < -0.39 is 5.24 Å². The number of nitrogens with zero attached hydrogens (tertiary/aromatic N) is 6. The zero-order chi connectivity index (χ0) is 21.3. The first kappa shape index (κ1) is 20.6. The third kappa shape index (κ3) is 4.74. The second kappa shape index (κ2) is 8.24. The molecular weight excluding hydrogens is 375 g/mol. The van der Waals surface area contributed by atoms with Crippen molar-refractivity contribution in [3.8, 4) is 11.1 Å². The van der Waals surface area contributed by atoms with E-state index in [0.29, 0.717) is 12.1 Å². The molecule has 0 aliphatic carbocycles. The summed E-state index contributed by atoms with van der Waals surface area (Å²) in [7, 11) is 19.1. The Kier molecular flexibility index (Phi) is 5.66. The molecule has 1 fully saturated rings. The molecule has 0 saturated carbocycles. The van der Waals surface area contributed by atoms with Gasteiger partial charge in [0.15, 0.2) is 0 Å². The van der Waals surface area contributed by atoms with E-state index in [1.807, 2.05) is 18.2 Å². The molecule has 0 spiro atoms. The lowest BCUT2D eigenvalue weighted by Crippen LogP contribution is -2.47. The van der Waals surface area contributed by atoms with Crippen molar-refractivity contribution >= 4 is 46.3 Å². The van der Waals surface area contributed by atoms with Crippen molar-refractivity contribution < 1.29 is 4.79 Å². The molecular formula is C19H20B3N7O. The van der Waals surface area contributed by atoms with Gasteiger partial charge in [-0.2, -0.15) is 5.10 Å². The summed E-state index contributed by atoms with van der Waals surface area (Å²) in [6.07, 6.45) is 4.98. The van der Waals surface area contributed by atoms with Gasteiger partial charge in [0, 0.05) is 49.5 Å². The van der Waals surface area contributed by atoms with Gasteiger partial charge in [0.25, 0.3) is 0 Å². The van der Waals surface area contributed by atoms with Crippen LogP contribution in [0.25, 0.3) is 22.0 Å². The Balaban J connectivity index is 1.49. The molecule has 1 saturated heterocycles. The summed E-state index contributed by atoms with van der Waals surface area (Å²) < 4.78 is 1.29.